The van der Waals surface area contributed by atoms with Crippen molar-refractivity contribution >= 4 is 29.2 Å². The van der Waals surface area contributed by atoms with Crippen LogP contribution in [0.4, 0.5) is 16.2 Å². The Hall–Kier alpha value is -2.79. The van der Waals surface area contributed by atoms with Crippen LogP contribution in [0.25, 0.3) is 0 Å². The van der Waals surface area contributed by atoms with Crippen molar-refractivity contribution in [2.24, 2.45) is 0 Å². The molecule has 150 valence electrons. The van der Waals surface area contributed by atoms with E-state index in [4.69, 9.17) is 0 Å². The number of amides is 2. The molecule has 1 aromatic heterocycles. The maximum atomic E-state index is 12.7. The summed E-state index contributed by atoms with van der Waals surface area (Å²) in [5.74, 6) is 0.655. The normalized spacial score (nSPS) is 11.0. The Morgan fingerprint density at radius 1 is 0.793 bits per heavy atom. The minimum atomic E-state index is -0.227. The smallest absolute Gasteiger partial charge is 0.308 e. The van der Waals surface area contributed by atoms with Crippen LogP contribution in [0.3, 0.4) is 0 Å². The summed E-state index contributed by atoms with van der Waals surface area (Å²) in [4.78, 5) is 18.9. The molecule has 2 N–H and O–H groups in total. The lowest BCUT2D eigenvalue weighted by atomic mass is 9.93. The highest BCUT2D eigenvalue weighted by molar-refractivity contribution is 7.99. The molecule has 0 saturated carbocycles. The fourth-order valence-corrected chi connectivity index (χ4v) is 3.92. The van der Waals surface area contributed by atoms with E-state index in [9.17, 15) is 4.79 Å². The third-order valence-corrected chi connectivity index (χ3v) is 5.62. The quantitative estimate of drug-likeness (QED) is 0.459. The van der Waals surface area contributed by atoms with Crippen LogP contribution in [0, 0.1) is 0 Å². The van der Waals surface area contributed by atoms with Gasteiger partial charge in [-0.1, -0.05) is 57.7 Å². The monoisotopic (exact) mass is 405 g/mol. The van der Waals surface area contributed by atoms with Gasteiger partial charge in [-0.25, -0.2) is 4.79 Å². The van der Waals surface area contributed by atoms with Gasteiger partial charge in [-0.3, -0.25) is 4.98 Å². The molecule has 2 aromatic carbocycles. The number of para-hydroxylation sites is 1. The van der Waals surface area contributed by atoms with Gasteiger partial charge in [0.15, 0.2) is 0 Å². The van der Waals surface area contributed by atoms with Gasteiger partial charge in [-0.05, 0) is 59.4 Å². The molecule has 0 atom stereocenters. The number of benzene rings is 2. The zero-order valence-corrected chi connectivity index (χ0v) is 18.1. The van der Waals surface area contributed by atoms with Gasteiger partial charge in [-0.2, -0.15) is 0 Å². The van der Waals surface area contributed by atoms with E-state index in [1.807, 2.05) is 36.4 Å². The molecule has 0 aliphatic heterocycles. The summed E-state index contributed by atoms with van der Waals surface area (Å²) in [7, 11) is 0. The van der Waals surface area contributed by atoms with E-state index in [0.29, 0.717) is 11.8 Å². The van der Waals surface area contributed by atoms with E-state index >= 15 is 0 Å². The zero-order chi connectivity index (χ0) is 20.8. The Morgan fingerprint density at radius 3 is 1.90 bits per heavy atom. The minimum Gasteiger partial charge on any atom is -0.308 e. The summed E-state index contributed by atoms with van der Waals surface area (Å²) in [6.07, 6.45) is 3.56. The van der Waals surface area contributed by atoms with Crippen LogP contribution in [0.1, 0.15) is 50.7 Å². The van der Waals surface area contributed by atoms with Crippen molar-refractivity contribution in [3.8, 4) is 0 Å². The first-order valence-electron chi connectivity index (χ1n) is 9.82. The van der Waals surface area contributed by atoms with Gasteiger partial charge >= 0.3 is 6.03 Å². The number of pyridine rings is 1. The predicted octanol–water partition coefficient (Wildman–Crippen LogP) is 7.12. The molecular formula is C24H27N3OS. The lowest BCUT2D eigenvalue weighted by Gasteiger charge is -2.20. The first-order chi connectivity index (χ1) is 13.9. The summed E-state index contributed by atoms with van der Waals surface area (Å²) in [5, 5.41) is 6.03. The van der Waals surface area contributed by atoms with E-state index in [2.05, 4.69) is 61.5 Å². The number of anilines is 2. The van der Waals surface area contributed by atoms with E-state index in [1.54, 1.807) is 24.2 Å². The Bertz CT molecular complexity index is 927. The number of carbonyl (C=O) groups excluding carboxylic acids is 1. The molecule has 0 radical (unpaired) electrons. The Labute approximate surface area is 177 Å². The zero-order valence-electron chi connectivity index (χ0n) is 17.3. The summed E-state index contributed by atoms with van der Waals surface area (Å²) < 4.78 is 0. The number of carbonyl (C=O) groups is 1. The van der Waals surface area contributed by atoms with Gasteiger partial charge in [0.1, 0.15) is 0 Å². The molecule has 3 rings (SSSR count). The molecule has 29 heavy (non-hydrogen) atoms. The average Bonchev–Trinajstić information content (AvgIpc) is 2.70. The molecule has 0 unspecified atom stereocenters. The van der Waals surface area contributed by atoms with Crippen LogP contribution in [0.2, 0.25) is 0 Å². The second kappa shape index (κ2) is 9.61. The molecular weight excluding hydrogens is 378 g/mol. The summed E-state index contributed by atoms with van der Waals surface area (Å²) in [6, 6.07) is 17.8. The molecule has 0 aliphatic carbocycles. The van der Waals surface area contributed by atoms with Gasteiger partial charge in [-0.15, -0.1) is 0 Å². The highest BCUT2D eigenvalue weighted by atomic mass is 32.2. The number of urea groups is 1. The number of nitrogens with zero attached hydrogens (tertiary/aromatic N) is 1. The van der Waals surface area contributed by atoms with Gasteiger partial charge in [0.05, 0.1) is 0 Å². The number of hydrogen-bond donors (Lipinski definition) is 2. The van der Waals surface area contributed by atoms with Crippen molar-refractivity contribution in [1.82, 2.24) is 4.98 Å². The van der Waals surface area contributed by atoms with Gasteiger partial charge in [0.25, 0.3) is 0 Å². The molecule has 0 fully saturated rings. The summed E-state index contributed by atoms with van der Waals surface area (Å²) in [6.45, 7) is 8.56. The van der Waals surface area contributed by atoms with Crippen molar-refractivity contribution in [2.75, 3.05) is 10.6 Å². The highest BCUT2D eigenvalue weighted by Crippen LogP contribution is 2.32. The second-order valence-corrected chi connectivity index (χ2v) is 8.66. The van der Waals surface area contributed by atoms with Crippen LogP contribution in [-0.4, -0.2) is 11.0 Å². The Morgan fingerprint density at radius 2 is 1.34 bits per heavy atom. The molecule has 1 heterocycles. The predicted molar refractivity (Wildman–Crippen MR) is 122 cm³/mol. The van der Waals surface area contributed by atoms with Crippen LogP contribution in [-0.2, 0) is 0 Å². The molecule has 5 heteroatoms. The molecule has 4 nitrogen and oxygen atoms in total. The van der Waals surface area contributed by atoms with Crippen molar-refractivity contribution in [1.29, 1.82) is 0 Å². The fourth-order valence-electron chi connectivity index (χ4n) is 3.12. The first-order valence-corrected chi connectivity index (χ1v) is 10.6. The Kier molecular flexibility index (Phi) is 6.94. The molecule has 0 bridgehead atoms. The topological polar surface area (TPSA) is 54.0 Å². The largest absolute Gasteiger partial charge is 0.323 e. The number of rotatable bonds is 6. The minimum absolute atomic E-state index is 0.227. The molecule has 0 spiro atoms. The molecule has 0 aliphatic rings. The fraction of sp³-hybridized carbons (Fsp3) is 0.250. The maximum Gasteiger partial charge on any atom is 0.323 e. The number of nitrogens with one attached hydrogen (secondary N) is 2. The van der Waals surface area contributed by atoms with Crippen molar-refractivity contribution in [3.05, 3.63) is 78.1 Å². The first kappa shape index (κ1) is 20.9. The van der Waals surface area contributed by atoms with Gasteiger partial charge < -0.3 is 10.6 Å². The summed E-state index contributed by atoms with van der Waals surface area (Å²) >= 11 is 1.66. The molecule has 0 saturated heterocycles. The van der Waals surface area contributed by atoms with Crippen LogP contribution in [0.15, 0.2) is 76.8 Å². The second-order valence-electron chi connectivity index (χ2n) is 7.51. The highest BCUT2D eigenvalue weighted by Gasteiger charge is 2.16. The maximum absolute atomic E-state index is 12.7. The lowest BCUT2D eigenvalue weighted by molar-refractivity contribution is 0.262. The van der Waals surface area contributed by atoms with E-state index in [0.717, 1.165) is 32.3 Å². The van der Waals surface area contributed by atoms with Crippen molar-refractivity contribution in [2.45, 2.75) is 49.3 Å². The van der Waals surface area contributed by atoms with E-state index in [-0.39, 0.29) is 6.03 Å². The Balaban J connectivity index is 1.70. The SMILES string of the molecule is CC(C)c1cccc(C(C)C)c1NC(=O)Nc1ccc(Sc2ccncc2)cc1. The number of hydrogen-bond acceptors (Lipinski definition) is 3. The van der Waals surface area contributed by atoms with Gasteiger partial charge in [0.2, 0.25) is 0 Å². The van der Waals surface area contributed by atoms with Crippen LogP contribution < -0.4 is 10.6 Å². The van der Waals surface area contributed by atoms with E-state index < -0.39 is 0 Å². The summed E-state index contributed by atoms with van der Waals surface area (Å²) in [5.41, 5.74) is 3.97. The molecule has 3 aromatic rings. The third kappa shape index (κ3) is 5.61. The van der Waals surface area contributed by atoms with Gasteiger partial charge in [0, 0.05) is 33.6 Å². The lowest BCUT2D eigenvalue weighted by Crippen LogP contribution is -2.21. The molecule has 2 amide bonds. The number of aromatic nitrogens is 1. The van der Waals surface area contributed by atoms with Crippen LogP contribution in [0.5, 0.6) is 0 Å². The third-order valence-electron chi connectivity index (χ3n) is 4.61. The van der Waals surface area contributed by atoms with Crippen molar-refractivity contribution < 1.29 is 4.79 Å². The van der Waals surface area contributed by atoms with Crippen molar-refractivity contribution in [3.63, 3.8) is 0 Å². The standard InChI is InChI=1S/C24H27N3OS/c1-16(2)21-6-5-7-22(17(3)4)23(21)27-24(28)26-18-8-10-19(11-9-18)29-20-12-14-25-15-13-20/h5-17H,1-4H3,(H2,26,27,28). The average molecular weight is 406 g/mol. The van der Waals surface area contributed by atoms with Crippen LogP contribution >= 0.6 is 11.8 Å². The van der Waals surface area contributed by atoms with E-state index in [1.165, 1.54) is 0 Å².